The number of hydrogen-bond donors (Lipinski definition) is 0. The number of hydrogen-bond acceptors (Lipinski definition) is 4. The minimum atomic E-state index is -4.58. The number of pyridine rings is 1. The zero-order valence-corrected chi connectivity index (χ0v) is 14.8. The van der Waals surface area contributed by atoms with Crippen LogP contribution in [-0.2, 0) is 13.2 Å². The van der Waals surface area contributed by atoms with Crippen molar-refractivity contribution in [3.8, 4) is 10.6 Å². The monoisotopic (exact) mass is 491 g/mol. The molecule has 0 fully saturated rings. The number of nitrogens with zero attached hydrogens (tertiary/aromatic N) is 5. The number of fused-ring (bicyclic) bond motifs is 1. The lowest BCUT2D eigenvalue weighted by Gasteiger charge is -2.00. The lowest BCUT2D eigenvalue weighted by Crippen LogP contribution is -3.00. The van der Waals surface area contributed by atoms with E-state index in [0.717, 1.165) is 20.3 Å². The Morgan fingerprint density at radius 3 is 2.62 bits per heavy atom. The van der Waals surface area contributed by atoms with Gasteiger partial charge in [-0.15, -0.1) is 10.2 Å². The molecule has 3 rings (SSSR count). The molecule has 0 aliphatic carbocycles. The minimum absolute atomic E-state index is 0. The Hall–Kier alpha value is -0.820. The van der Waals surface area contributed by atoms with E-state index in [1.165, 1.54) is 0 Å². The highest BCUT2D eigenvalue weighted by molar-refractivity contribution is 9.10. The molecule has 0 radical (unpaired) electrons. The molecule has 0 N–H and O–H groups in total. The molecule has 0 aliphatic rings. The van der Waals surface area contributed by atoms with Gasteiger partial charge in [0.25, 0.3) is 5.82 Å². The van der Waals surface area contributed by atoms with E-state index in [1.807, 2.05) is 13.2 Å². The summed E-state index contributed by atoms with van der Waals surface area (Å²) in [5, 5.41) is 11.0. The van der Waals surface area contributed by atoms with Crippen molar-refractivity contribution in [1.29, 1.82) is 0 Å². The number of aromatic nitrogens is 5. The quantitative estimate of drug-likeness (QED) is 0.339. The van der Waals surface area contributed by atoms with Gasteiger partial charge in [0.05, 0.1) is 10.0 Å². The van der Waals surface area contributed by atoms with Gasteiger partial charge in [-0.2, -0.15) is 22.8 Å². The van der Waals surface area contributed by atoms with Crippen LogP contribution in [0.5, 0.6) is 0 Å². The number of aryl methyl sites for hydroxylation is 1. The Balaban J connectivity index is 0.00000161. The average molecular weight is 492 g/mol. The molecule has 0 saturated carbocycles. The largest absolute Gasteiger partial charge is 1.00 e. The maximum Gasteiger partial charge on any atom is 0.453 e. The van der Waals surface area contributed by atoms with Crippen molar-refractivity contribution in [2.75, 3.05) is 0 Å². The summed E-state index contributed by atoms with van der Waals surface area (Å²) in [5.41, 5.74) is 0.700. The molecule has 5 nitrogen and oxygen atoms in total. The molecule has 112 valence electrons. The van der Waals surface area contributed by atoms with E-state index in [9.17, 15) is 13.2 Å². The fraction of sp³-hybridized carbons (Fsp3) is 0.200. The van der Waals surface area contributed by atoms with Crippen LogP contribution in [0.2, 0.25) is 0 Å². The molecule has 0 aromatic carbocycles. The van der Waals surface area contributed by atoms with Crippen LogP contribution in [0.1, 0.15) is 5.82 Å². The number of halogens is 5. The lowest BCUT2D eigenvalue weighted by atomic mass is 10.3. The molecule has 0 bridgehead atoms. The Morgan fingerprint density at radius 2 is 2.00 bits per heavy atom. The second-order valence-corrected chi connectivity index (χ2v) is 5.90. The second kappa shape index (κ2) is 5.76. The summed E-state index contributed by atoms with van der Waals surface area (Å²) in [6.07, 6.45) is -0.985. The molecule has 0 atom stereocenters. The van der Waals surface area contributed by atoms with Crippen LogP contribution in [-0.4, -0.2) is 19.8 Å². The zero-order valence-electron chi connectivity index (χ0n) is 10.3. The first kappa shape index (κ1) is 16.5. The summed E-state index contributed by atoms with van der Waals surface area (Å²) in [4.78, 5) is 0.106. The van der Waals surface area contributed by atoms with Crippen LogP contribution in [0.3, 0.4) is 0 Å². The Bertz CT molecular complexity index is 779. The van der Waals surface area contributed by atoms with E-state index >= 15 is 0 Å². The van der Waals surface area contributed by atoms with Gasteiger partial charge in [0.1, 0.15) is 7.05 Å². The molecule has 0 aliphatic heterocycles. The summed E-state index contributed by atoms with van der Waals surface area (Å²) in [6.45, 7) is 0. The molecular weight excluding hydrogens is 486 g/mol. The molecule has 0 unspecified atom stereocenters. The normalized spacial score (nSPS) is 11.7. The molecule has 0 saturated heterocycles. The van der Waals surface area contributed by atoms with Crippen molar-refractivity contribution in [2.24, 2.45) is 7.05 Å². The third-order valence-electron chi connectivity index (χ3n) is 2.45. The van der Waals surface area contributed by atoms with Crippen LogP contribution in [0.15, 0.2) is 22.9 Å². The van der Waals surface area contributed by atoms with Gasteiger partial charge in [-0.3, -0.25) is 0 Å². The summed E-state index contributed by atoms with van der Waals surface area (Å²) < 4.78 is 41.5. The van der Waals surface area contributed by atoms with Crippen LogP contribution < -0.4 is 28.5 Å². The van der Waals surface area contributed by atoms with Crippen molar-refractivity contribution in [3.63, 3.8) is 0 Å². The predicted molar refractivity (Wildman–Crippen MR) is 68.0 cm³/mol. The average Bonchev–Trinajstić information content (AvgIpc) is 2.83. The molecular formula is C10H6BrF3IN5S. The standard InChI is InChI=1S/C10H6BrF3N5S.HI/c1-18-3-5(2-6(11)4-18)7-17-19-8(10(12,13)14)15-16-9(19)20-7;/h2-4H,1H3;1H/q+1;/p-1. The first-order valence-corrected chi connectivity index (χ1v) is 6.91. The van der Waals surface area contributed by atoms with Gasteiger partial charge in [0.2, 0.25) is 4.96 Å². The van der Waals surface area contributed by atoms with E-state index < -0.39 is 12.0 Å². The molecule has 21 heavy (non-hydrogen) atoms. The lowest BCUT2D eigenvalue weighted by molar-refractivity contribution is -0.671. The van der Waals surface area contributed by atoms with Crippen molar-refractivity contribution in [3.05, 3.63) is 28.8 Å². The van der Waals surface area contributed by atoms with Gasteiger partial charge in [0.15, 0.2) is 17.4 Å². The van der Waals surface area contributed by atoms with Crippen molar-refractivity contribution < 1.29 is 41.7 Å². The van der Waals surface area contributed by atoms with Crippen molar-refractivity contribution in [2.45, 2.75) is 6.18 Å². The van der Waals surface area contributed by atoms with E-state index in [2.05, 4.69) is 31.2 Å². The fourth-order valence-electron chi connectivity index (χ4n) is 1.70. The van der Waals surface area contributed by atoms with E-state index in [4.69, 9.17) is 0 Å². The highest BCUT2D eigenvalue weighted by atomic mass is 127. The SMILES string of the molecule is C[n+]1cc(Br)cc(-c2nn3c(C(F)(F)F)nnc3s2)c1.[I-]. The molecule has 3 heterocycles. The third kappa shape index (κ3) is 3.18. The maximum atomic E-state index is 12.7. The second-order valence-electron chi connectivity index (χ2n) is 4.03. The highest BCUT2D eigenvalue weighted by Gasteiger charge is 2.38. The summed E-state index contributed by atoms with van der Waals surface area (Å²) >= 11 is 4.38. The summed E-state index contributed by atoms with van der Waals surface area (Å²) in [6, 6.07) is 1.78. The van der Waals surface area contributed by atoms with Gasteiger partial charge in [-0.05, 0) is 22.0 Å². The first-order valence-electron chi connectivity index (χ1n) is 5.30. The van der Waals surface area contributed by atoms with Crippen LogP contribution in [0.25, 0.3) is 15.5 Å². The van der Waals surface area contributed by atoms with Crippen molar-refractivity contribution in [1.82, 2.24) is 19.8 Å². The Morgan fingerprint density at radius 1 is 1.29 bits per heavy atom. The van der Waals surface area contributed by atoms with E-state index in [0.29, 0.717) is 10.6 Å². The summed E-state index contributed by atoms with van der Waals surface area (Å²) in [5.74, 6) is -1.12. The Kier molecular flexibility index (Phi) is 4.54. The third-order valence-corrected chi connectivity index (χ3v) is 3.84. The number of alkyl halides is 3. The highest BCUT2D eigenvalue weighted by Crippen LogP contribution is 2.31. The molecule has 0 spiro atoms. The Labute approximate surface area is 146 Å². The van der Waals surface area contributed by atoms with E-state index in [1.54, 1.807) is 16.8 Å². The van der Waals surface area contributed by atoms with Gasteiger partial charge in [-0.25, -0.2) is 4.57 Å². The van der Waals surface area contributed by atoms with Gasteiger partial charge >= 0.3 is 6.18 Å². The fourth-order valence-corrected chi connectivity index (χ4v) is 3.09. The molecule has 3 aromatic rings. The first-order chi connectivity index (χ1) is 9.34. The van der Waals surface area contributed by atoms with Gasteiger partial charge in [-0.1, -0.05) is 11.3 Å². The van der Waals surface area contributed by atoms with Crippen LogP contribution in [0, 0.1) is 0 Å². The van der Waals surface area contributed by atoms with E-state index in [-0.39, 0.29) is 28.9 Å². The van der Waals surface area contributed by atoms with Gasteiger partial charge < -0.3 is 24.0 Å². The zero-order chi connectivity index (χ0) is 14.5. The molecule has 3 aromatic heterocycles. The van der Waals surface area contributed by atoms with Crippen molar-refractivity contribution >= 4 is 32.2 Å². The summed E-state index contributed by atoms with van der Waals surface area (Å²) in [7, 11) is 1.82. The van der Waals surface area contributed by atoms with Crippen LogP contribution in [0.4, 0.5) is 13.2 Å². The minimum Gasteiger partial charge on any atom is -1.00 e. The maximum absolute atomic E-state index is 12.7. The van der Waals surface area contributed by atoms with Gasteiger partial charge in [0, 0.05) is 0 Å². The number of rotatable bonds is 1. The molecule has 11 heteroatoms. The topological polar surface area (TPSA) is 47.0 Å². The molecule has 0 amide bonds. The van der Waals surface area contributed by atoms with Crippen LogP contribution >= 0.6 is 27.3 Å². The predicted octanol–water partition coefficient (Wildman–Crippen LogP) is -0.537. The smallest absolute Gasteiger partial charge is 0.453 e.